The van der Waals surface area contributed by atoms with Gasteiger partial charge in [-0.25, -0.2) is 21.6 Å². The molecule has 0 saturated heterocycles. The Labute approximate surface area is 138 Å². The van der Waals surface area contributed by atoms with Gasteiger partial charge in [-0.3, -0.25) is 4.31 Å². The molecule has 132 valence electrons. The fourth-order valence-electron chi connectivity index (χ4n) is 2.01. The lowest BCUT2D eigenvalue weighted by Crippen LogP contribution is -2.39. The molecule has 0 spiro atoms. The molecule has 0 bridgehead atoms. The highest BCUT2D eigenvalue weighted by atomic mass is 32.2. The topological polar surface area (TPSA) is 92.8 Å². The van der Waals surface area contributed by atoms with Crippen molar-refractivity contribution in [2.75, 3.05) is 36.5 Å². The summed E-state index contributed by atoms with van der Waals surface area (Å²) >= 11 is 0. The Hall–Kier alpha value is -1.32. The van der Waals surface area contributed by atoms with Crippen LogP contribution >= 0.6 is 0 Å². The van der Waals surface area contributed by atoms with E-state index in [9.17, 15) is 16.8 Å². The van der Waals surface area contributed by atoms with E-state index in [0.717, 1.165) is 17.0 Å². The summed E-state index contributed by atoms with van der Waals surface area (Å²) in [7, 11) is -5.50. The van der Waals surface area contributed by atoms with Crippen molar-refractivity contribution in [2.24, 2.45) is 0 Å². The quantitative estimate of drug-likeness (QED) is 0.673. The largest absolute Gasteiger partial charge is 0.495 e. The summed E-state index contributed by atoms with van der Waals surface area (Å²) in [5.74, 6) is 0.448. The molecule has 0 heterocycles. The Morgan fingerprint density at radius 2 is 1.83 bits per heavy atom. The van der Waals surface area contributed by atoms with Gasteiger partial charge in [0, 0.05) is 13.1 Å². The Bertz CT molecular complexity index is 702. The number of nitrogens with one attached hydrogen (secondary N) is 1. The van der Waals surface area contributed by atoms with Gasteiger partial charge < -0.3 is 4.74 Å². The molecule has 0 aliphatic heterocycles. The van der Waals surface area contributed by atoms with Gasteiger partial charge in [-0.15, -0.1) is 0 Å². The van der Waals surface area contributed by atoms with Crippen molar-refractivity contribution in [1.82, 2.24) is 4.72 Å². The molecule has 1 aromatic carbocycles. The van der Waals surface area contributed by atoms with Gasteiger partial charge in [0.25, 0.3) is 0 Å². The van der Waals surface area contributed by atoms with Gasteiger partial charge in [0.05, 0.1) is 24.8 Å². The maximum atomic E-state index is 12.0. The van der Waals surface area contributed by atoms with Crippen LogP contribution in [0.3, 0.4) is 0 Å². The molecule has 0 unspecified atom stereocenters. The minimum Gasteiger partial charge on any atom is -0.495 e. The van der Waals surface area contributed by atoms with Crippen LogP contribution < -0.4 is 13.8 Å². The number of hydrogen-bond acceptors (Lipinski definition) is 5. The molecule has 23 heavy (non-hydrogen) atoms. The first-order chi connectivity index (χ1) is 10.7. The molecule has 0 aliphatic carbocycles. The zero-order valence-corrected chi connectivity index (χ0v) is 15.3. The van der Waals surface area contributed by atoms with E-state index in [1.807, 2.05) is 6.92 Å². The summed E-state index contributed by atoms with van der Waals surface area (Å²) in [6.07, 6.45) is 2.42. The van der Waals surface area contributed by atoms with Gasteiger partial charge in [0.2, 0.25) is 20.0 Å². The fourth-order valence-corrected chi connectivity index (χ4v) is 4.16. The number of hydrogen-bond donors (Lipinski definition) is 1. The van der Waals surface area contributed by atoms with Gasteiger partial charge in [0.15, 0.2) is 0 Å². The van der Waals surface area contributed by atoms with Gasteiger partial charge in [-0.1, -0.05) is 25.5 Å². The second-order valence-electron chi connectivity index (χ2n) is 5.07. The molecule has 0 fully saturated rings. The Morgan fingerprint density at radius 3 is 2.39 bits per heavy atom. The summed E-state index contributed by atoms with van der Waals surface area (Å²) in [6, 6.07) is 6.70. The normalized spacial score (nSPS) is 12.1. The molecule has 1 rings (SSSR count). The summed E-state index contributed by atoms with van der Waals surface area (Å²) in [5, 5.41) is 0. The summed E-state index contributed by atoms with van der Waals surface area (Å²) < 4.78 is 56.3. The van der Waals surface area contributed by atoms with E-state index in [4.69, 9.17) is 4.74 Å². The van der Waals surface area contributed by atoms with Gasteiger partial charge in [0.1, 0.15) is 5.75 Å². The summed E-state index contributed by atoms with van der Waals surface area (Å²) in [6.45, 7) is 1.89. The first-order valence-corrected chi connectivity index (χ1v) is 10.8. The Balaban J connectivity index is 2.86. The summed E-state index contributed by atoms with van der Waals surface area (Å²) in [5.41, 5.74) is 0.380. The third-order valence-corrected chi connectivity index (χ3v) is 5.81. The van der Waals surface area contributed by atoms with Crippen LogP contribution in [0.5, 0.6) is 5.75 Å². The van der Waals surface area contributed by atoms with E-state index in [-0.39, 0.29) is 18.8 Å². The molecule has 0 amide bonds. The zero-order chi connectivity index (χ0) is 17.5. The number of ether oxygens (including phenoxy) is 1. The maximum Gasteiger partial charge on any atom is 0.232 e. The SMILES string of the molecule is CCCCS(=O)(=O)NCCN(c1ccccc1OC)S(C)(=O)=O. The van der Waals surface area contributed by atoms with E-state index in [2.05, 4.69) is 4.72 Å². The highest BCUT2D eigenvalue weighted by Crippen LogP contribution is 2.29. The van der Waals surface area contributed by atoms with E-state index < -0.39 is 20.0 Å². The predicted octanol–water partition coefficient (Wildman–Crippen LogP) is 1.18. The van der Waals surface area contributed by atoms with Crippen molar-refractivity contribution in [2.45, 2.75) is 19.8 Å². The standard InChI is InChI=1S/C14H24N2O5S2/c1-4-5-12-23(19,20)15-10-11-16(22(3,17)18)13-8-6-7-9-14(13)21-2/h6-9,15H,4-5,10-12H2,1-3H3. The molecule has 0 saturated carbocycles. The lowest BCUT2D eigenvalue weighted by atomic mass is 10.3. The molecule has 0 radical (unpaired) electrons. The molecular formula is C14H24N2O5S2. The zero-order valence-electron chi connectivity index (χ0n) is 13.6. The van der Waals surface area contributed by atoms with E-state index in [0.29, 0.717) is 17.9 Å². The average Bonchev–Trinajstić information content (AvgIpc) is 2.48. The third kappa shape index (κ3) is 6.36. The van der Waals surface area contributed by atoms with E-state index in [1.165, 1.54) is 7.11 Å². The molecule has 7 nitrogen and oxygen atoms in total. The summed E-state index contributed by atoms with van der Waals surface area (Å²) in [4.78, 5) is 0. The van der Waals surface area contributed by atoms with Gasteiger partial charge >= 0.3 is 0 Å². The van der Waals surface area contributed by atoms with Crippen molar-refractivity contribution >= 4 is 25.7 Å². The minimum atomic E-state index is -3.57. The highest BCUT2D eigenvalue weighted by Gasteiger charge is 2.21. The van der Waals surface area contributed by atoms with Crippen molar-refractivity contribution in [3.63, 3.8) is 0 Å². The number of unbranched alkanes of at least 4 members (excludes halogenated alkanes) is 1. The number of rotatable bonds is 10. The molecule has 1 N–H and O–H groups in total. The lowest BCUT2D eigenvalue weighted by molar-refractivity contribution is 0.415. The molecule has 0 aliphatic rings. The predicted molar refractivity (Wildman–Crippen MR) is 91.9 cm³/mol. The van der Waals surface area contributed by atoms with Crippen LogP contribution in [0.25, 0.3) is 0 Å². The van der Waals surface area contributed by atoms with Gasteiger partial charge in [-0.05, 0) is 18.6 Å². The first-order valence-electron chi connectivity index (χ1n) is 7.29. The van der Waals surface area contributed by atoms with Crippen LogP contribution in [0.4, 0.5) is 5.69 Å². The van der Waals surface area contributed by atoms with Crippen LogP contribution in [-0.2, 0) is 20.0 Å². The van der Waals surface area contributed by atoms with E-state index >= 15 is 0 Å². The maximum absolute atomic E-state index is 12.0. The van der Waals surface area contributed by atoms with E-state index in [1.54, 1.807) is 24.3 Å². The number of benzene rings is 1. The highest BCUT2D eigenvalue weighted by molar-refractivity contribution is 7.92. The van der Waals surface area contributed by atoms with Crippen molar-refractivity contribution < 1.29 is 21.6 Å². The Morgan fingerprint density at radius 1 is 1.17 bits per heavy atom. The molecule has 0 atom stereocenters. The fraction of sp³-hybridized carbons (Fsp3) is 0.571. The molecule has 0 aromatic heterocycles. The smallest absolute Gasteiger partial charge is 0.232 e. The lowest BCUT2D eigenvalue weighted by Gasteiger charge is -2.24. The van der Waals surface area contributed by atoms with Crippen LogP contribution in [-0.4, -0.2) is 49.0 Å². The second kappa shape index (κ2) is 8.51. The molecular weight excluding hydrogens is 340 g/mol. The van der Waals surface area contributed by atoms with Crippen LogP contribution in [0.15, 0.2) is 24.3 Å². The Kier molecular flexibility index (Phi) is 7.30. The minimum absolute atomic E-state index is 0.00281. The third-order valence-electron chi connectivity index (χ3n) is 3.16. The molecule has 9 heteroatoms. The van der Waals surface area contributed by atoms with Crippen LogP contribution in [0.2, 0.25) is 0 Å². The monoisotopic (exact) mass is 364 g/mol. The number of anilines is 1. The van der Waals surface area contributed by atoms with Crippen molar-refractivity contribution in [3.8, 4) is 5.75 Å². The number of nitrogens with zero attached hydrogens (tertiary/aromatic N) is 1. The number of methoxy groups -OCH3 is 1. The first kappa shape index (κ1) is 19.7. The second-order valence-corrected chi connectivity index (χ2v) is 8.91. The molecule has 1 aromatic rings. The van der Waals surface area contributed by atoms with Crippen LogP contribution in [0.1, 0.15) is 19.8 Å². The number of sulfonamides is 2. The number of para-hydroxylation sites is 2. The van der Waals surface area contributed by atoms with Crippen LogP contribution in [0, 0.1) is 0 Å². The van der Waals surface area contributed by atoms with Crippen molar-refractivity contribution in [1.29, 1.82) is 0 Å². The average molecular weight is 364 g/mol. The van der Waals surface area contributed by atoms with Crippen molar-refractivity contribution in [3.05, 3.63) is 24.3 Å². The van der Waals surface area contributed by atoms with Gasteiger partial charge in [-0.2, -0.15) is 0 Å².